The van der Waals surface area contributed by atoms with Crippen molar-refractivity contribution in [1.29, 1.82) is 0 Å². The van der Waals surface area contributed by atoms with Gasteiger partial charge in [0.25, 0.3) is 0 Å². The fourth-order valence-corrected chi connectivity index (χ4v) is 1.71. The summed E-state index contributed by atoms with van der Waals surface area (Å²) in [4.78, 5) is 8.75. The molecule has 4 nitrogen and oxygen atoms in total. The Hall–Kier alpha value is -1.16. The second kappa shape index (κ2) is 5.80. The van der Waals surface area contributed by atoms with Crippen molar-refractivity contribution < 1.29 is 0 Å². The third kappa shape index (κ3) is 3.77. The largest absolute Gasteiger partial charge is 0.351 e. The number of aryl methyl sites for hydroxylation is 2. The quantitative estimate of drug-likeness (QED) is 0.798. The van der Waals surface area contributed by atoms with Crippen molar-refractivity contribution in [2.45, 2.75) is 40.2 Å². The van der Waals surface area contributed by atoms with Crippen LogP contribution in [0, 0.1) is 19.8 Å². The van der Waals surface area contributed by atoms with Crippen LogP contribution in [0.15, 0.2) is 6.07 Å². The van der Waals surface area contributed by atoms with Gasteiger partial charge in [-0.2, -0.15) is 0 Å². The van der Waals surface area contributed by atoms with Crippen LogP contribution in [-0.2, 0) is 0 Å². The lowest BCUT2D eigenvalue weighted by Crippen LogP contribution is -2.29. The van der Waals surface area contributed by atoms with E-state index in [0.717, 1.165) is 17.8 Å². The molecule has 0 radical (unpaired) electrons. The van der Waals surface area contributed by atoms with E-state index in [1.807, 2.05) is 19.9 Å². The van der Waals surface area contributed by atoms with Crippen LogP contribution in [0.5, 0.6) is 0 Å². The minimum absolute atomic E-state index is 0.339. The Bertz CT molecular complexity index is 316. The number of rotatable bonds is 5. The number of nitrogens with zero attached hydrogens (tertiary/aromatic N) is 2. The first-order valence-corrected chi connectivity index (χ1v) is 5.81. The van der Waals surface area contributed by atoms with E-state index in [0.29, 0.717) is 24.5 Å². The number of hydrogen-bond donors (Lipinski definition) is 2. The van der Waals surface area contributed by atoms with Gasteiger partial charge >= 0.3 is 0 Å². The molecule has 1 aromatic rings. The second-order valence-electron chi connectivity index (χ2n) is 4.55. The number of nitrogens with one attached hydrogen (secondary N) is 1. The first-order valence-electron chi connectivity index (χ1n) is 5.81. The van der Waals surface area contributed by atoms with E-state index >= 15 is 0 Å². The van der Waals surface area contributed by atoms with Crippen LogP contribution < -0.4 is 11.1 Å². The minimum atomic E-state index is 0.339. The Kier molecular flexibility index (Phi) is 4.68. The lowest BCUT2D eigenvalue weighted by molar-refractivity contribution is 0.495. The molecule has 0 fully saturated rings. The molecule has 16 heavy (non-hydrogen) atoms. The maximum absolute atomic E-state index is 5.60. The highest BCUT2D eigenvalue weighted by Crippen LogP contribution is 2.12. The molecule has 1 unspecified atom stereocenters. The molecule has 4 heteroatoms. The van der Waals surface area contributed by atoms with Gasteiger partial charge < -0.3 is 11.1 Å². The van der Waals surface area contributed by atoms with Gasteiger partial charge in [-0.05, 0) is 38.8 Å². The van der Waals surface area contributed by atoms with Crippen LogP contribution in [0.3, 0.4) is 0 Å². The van der Waals surface area contributed by atoms with Gasteiger partial charge in [-0.15, -0.1) is 0 Å². The third-order valence-electron chi connectivity index (χ3n) is 2.58. The highest BCUT2D eigenvalue weighted by Gasteiger charge is 2.13. The summed E-state index contributed by atoms with van der Waals surface area (Å²) in [5, 5.41) is 3.36. The van der Waals surface area contributed by atoms with E-state index in [1.165, 1.54) is 0 Å². The summed E-state index contributed by atoms with van der Waals surface area (Å²) in [5.41, 5.74) is 7.58. The normalized spacial score (nSPS) is 12.9. The topological polar surface area (TPSA) is 63.8 Å². The number of nitrogens with two attached hydrogens (primary N) is 1. The number of hydrogen-bond acceptors (Lipinski definition) is 4. The summed E-state index contributed by atoms with van der Waals surface area (Å²) in [6.45, 7) is 8.99. The smallest absolute Gasteiger partial charge is 0.223 e. The molecule has 1 atom stereocenters. The summed E-state index contributed by atoms with van der Waals surface area (Å²) < 4.78 is 0. The van der Waals surface area contributed by atoms with Gasteiger partial charge in [-0.1, -0.05) is 13.8 Å². The Labute approximate surface area is 97.7 Å². The molecule has 0 saturated heterocycles. The number of aromatic nitrogens is 2. The van der Waals surface area contributed by atoms with Gasteiger partial charge in [0.05, 0.1) is 0 Å². The lowest BCUT2D eigenvalue weighted by atomic mass is 10.0. The SMILES string of the molecule is Cc1cc(C)nc(NC(CCN)C(C)C)n1. The van der Waals surface area contributed by atoms with E-state index in [9.17, 15) is 0 Å². The van der Waals surface area contributed by atoms with Crippen LogP contribution in [-0.4, -0.2) is 22.6 Å². The zero-order valence-corrected chi connectivity index (χ0v) is 10.6. The molecule has 90 valence electrons. The Morgan fingerprint density at radius 2 is 1.81 bits per heavy atom. The molecule has 0 aliphatic rings. The predicted octanol–water partition coefficient (Wildman–Crippen LogP) is 1.88. The van der Waals surface area contributed by atoms with E-state index in [4.69, 9.17) is 5.73 Å². The Morgan fingerprint density at radius 1 is 1.25 bits per heavy atom. The van der Waals surface area contributed by atoms with Crippen molar-refractivity contribution >= 4 is 5.95 Å². The van der Waals surface area contributed by atoms with Crippen LogP contribution in [0.2, 0.25) is 0 Å². The maximum Gasteiger partial charge on any atom is 0.223 e. The average molecular weight is 222 g/mol. The fourth-order valence-electron chi connectivity index (χ4n) is 1.71. The number of anilines is 1. The summed E-state index contributed by atoms with van der Waals surface area (Å²) in [6, 6.07) is 2.31. The molecule has 0 aliphatic carbocycles. The van der Waals surface area contributed by atoms with Gasteiger partial charge in [-0.25, -0.2) is 9.97 Å². The Morgan fingerprint density at radius 3 is 2.25 bits per heavy atom. The molecule has 1 rings (SSSR count). The first kappa shape index (κ1) is 12.9. The molecule has 0 saturated carbocycles. The van der Waals surface area contributed by atoms with Gasteiger partial charge in [0, 0.05) is 17.4 Å². The first-order chi connectivity index (χ1) is 7.52. The minimum Gasteiger partial charge on any atom is -0.351 e. The second-order valence-corrected chi connectivity index (χ2v) is 4.55. The molecule has 1 aromatic heterocycles. The molecular weight excluding hydrogens is 200 g/mol. The fraction of sp³-hybridized carbons (Fsp3) is 0.667. The molecule has 1 heterocycles. The molecule has 0 aromatic carbocycles. The van der Waals surface area contributed by atoms with Gasteiger partial charge in [0.1, 0.15) is 0 Å². The van der Waals surface area contributed by atoms with Crippen molar-refractivity contribution in [2.24, 2.45) is 11.7 Å². The van der Waals surface area contributed by atoms with E-state index in [2.05, 4.69) is 29.1 Å². The van der Waals surface area contributed by atoms with Crippen LogP contribution in [0.4, 0.5) is 5.95 Å². The zero-order valence-electron chi connectivity index (χ0n) is 10.6. The monoisotopic (exact) mass is 222 g/mol. The average Bonchev–Trinajstić information content (AvgIpc) is 2.15. The van der Waals surface area contributed by atoms with Crippen molar-refractivity contribution in [2.75, 3.05) is 11.9 Å². The van der Waals surface area contributed by atoms with E-state index < -0.39 is 0 Å². The van der Waals surface area contributed by atoms with E-state index in [-0.39, 0.29) is 0 Å². The Balaban J connectivity index is 2.76. The van der Waals surface area contributed by atoms with Gasteiger partial charge in [-0.3, -0.25) is 0 Å². The molecular formula is C12H22N4. The lowest BCUT2D eigenvalue weighted by Gasteiger charge is -2.21. The van der Waals surface area contributed by atoms with Crippen molar-refractivity contribution in [3.63, 3.8) is 0 Å². The van der Waals surface area contributed by atoms with Crippen LogP contribution >= 0.6 is 0 Å². The summed E-state index contributed by atoms with van der Waals surface area (Å²) in [5.74, 6) is 1.23. The summed E-state index contributed by atoms with van der Waals surface area (Å²) >= 11 is 0. The molecule has 0 amide bonds. The molecule has 0 spiro atoms. The maximum atomic E-state index is 5.60. The van der Waals surface area contributed by atoms with Crippen molar-refractivity contribution in [3.8, 4) is 0 Å². The summed E-state index contributed by atoms with van der Waals surface area (Å²) in [7, 11) is 0. The highest BCUT2D eigenvalue weighted by molar-refractivity contribution is 5.29. The molecule has 3 N–H and O–H groups in total. The predicted molar refractivity (Wildman–Crippen MR) is 67.4 cm³/mol. The standard InChI is InChI=1S/C12H22N4/c1-8(2)11(5-6-13)16-12-14-9(3)7-10(4)15-12/h7-8,11H,5-6,13H2,1-4H3,(H,14,15,16). The van der Waals surface area contributed by atoms with Gasteiger partial charge in [0.15, 0.2) is 0 Å². The van der Waals surface area contributed by atoms with Crippen LogP contribution in [0.1, 0.15) is 31.7 Å². The van der Waals surface area contributed by atoms with Crippen molar-refractivity contribution in [3.05, 3.63) is 17.5 Å². The third-order valence-corrected chi connectivity index (χ3v) is 2.58. The van der Waals surface area contributed by atoms with E-state index in [1.54, 1.807) is 0 Å². The van der Waals surface area contributed by atoms with Gasteiger partial charge in [0.2, 0.25) is 5.95 Å². The van der Waals surface area contributed by atoms with Crippen LogP contribution in [0.25, 0.3) is 0 Å². The van der Waals surface area contributed by atoms with Crippen molar-refractivity contribution in [1.82, 2.24) is 9.97 Å². The molecule has 0 aliphatic heterocycles. The zero-order chi connectivity index (χ0) is 12.1. The highest BCUT2D eigenvalue weighted by atomic mass is 15.1. The molecule has 0 bridgehead atoms. The summed E-state index contributed by atoms with van der Waals surface area (Å²) in [6.07, 6.45) is 0.939.